The summed E-state index contributed by atoms with van der Waals surface area (Å²) in [5, 5.41) is 17.9. The summed E-state index contributed by atoms with van der Waals surface area (Å²) in [4.78, 5) is 0. The molecule has 5 nitrogen and oxygen atoms in total. The molecule has 0 unspecified atom stereocenters. The van der Waals surface area contributed by atoms with Crippen molar-refractivity contribution < 1.29 is 14.3 Å². The third kappa shape index (κ3) is 3.45. The van der Waals surface area contributed by atoms with Crippen LogP contribution in [-0.4, -0.2) is 15.3 Å². The lowest BCUT2D eigenvalue weighted by Crippen LogP contribution is -2.01. The van der Waals surface area contributed by atoms with E-state index in [9.17, 15) is 5.11 Å². The molecule has 102 valence electrons. The number of benzene rings is 1. The third-order valence-electron chi connectivity index (χ3n) is 2.58. The predicted molar refractivity (Wildman–Crippen MR) is 70.1 cm³/mol. The molecular formula is C13H15ClN2O3. The van der Waals surface area contributed by atoms with E-state index in [0.717, 1.165) is 0 Å². The number of hydrogen-bond donors (Lipinski definition) is 1. The van der Waals surface area contributed by atoms with E-state index in [1.54, 1.807) is 25.1 Å². The molecule has 1 atom stereocenters. The molecule has 0 aliphatic carbocycles. The number of aliphatic hydroxyl groups is 1. The zero-order valence-electron chi connectivity index (χ0n) is 10.8. The minimum atomic E-state index is -0.664. The number of halogens is 1. The Hall–Kier alpha value is -1.59. The topological polar surface area (TPSA) is 68.4 Å². The van der Waals surface area contributed by atoms with Gasteiger partial charge in [0, 0.05) is 17.0 Å². The van der Waals surface area contributed by atoms with E-state index in [1.807, 2.05) is 6.92 Å². The van der Waals surface area contributed by atoms with Crippen molar-refractivity contribution in [1.29, 1.82) is 0 Å². The number of aliphatic hydroxyl groups excluding tert-OH is 1. The van der Waals surface area contributed by atoms with Crippen LogP contribution in [-0.2, 0) is 13.0 Å². The summed E-state index contributed by atoms with van der Waals surface area (Å²) in [5.74, 6) is 1.53. The van der Waals surface area contributed by atoms with E-state index in [1.165, 1.54) is 0 Å². The lowest BCUT2D eigenvalue weighted by Gasteiger charge is -2.12. The van der Waals surface area contributed by atoms with Crippen LogP contribution in [0.25, 0.3) is 0 Å². The van der Waals surface area contributed by atoms with Gasteiger partial charge in [0.25, 0.3) is 5.89 Å². The Morgan fingerprint density at radius 2 is 2.11 bits per heavy atom. The maximum Gasteiger partial charge on any atom is 0.253 e. The van der Waals surface area contributed by atoms with Gasteiger partial charge in [0.2, 0.25) is 5.89 Å². The SMILES string of the molecule is CCc1nnc(COc2ccc(Cl)cc2[C@@H](C)O)o1. The molecule has 0 radical (unpaired) electrons. The Morgan fingerprint density at radius 1 is 1.37 bits per heavy atom. The van der Waals surface area contributed by atoms with Crippen LogP contribution in [0, 0.1) is 0 Å². The number of nitrogens with zero attached hydrogens (tertiary/aromatic N) is 2. The zero-order chi connectivity index (χ0) is 13.8. The number of aryl methyl sites for hydroxylation is 1. The van der Waals surface area contributed by atoms with Crippen molar-refractivity contribution in [2.75, 3.05) is 0 Å². The Balaban J connectivity index is 2.10. The van der Waals surface area contributed by atoms with Crippen LogP contribution in [0.15, 0.2) is 22.6 Å². The molecule has 0 fully saturated rings. The molecule has 0 saturated carbocycles. The fraction of sp³-hybridized carbons (Fsp3) is 0.385. The average molecular weight is 283 g/mol. The van der Waals surface area contributed by atoms with Crippen molar-refractivity contribution in [3.8, 4) is 5.75 Å². The van der Waals surface area contributed by atoms with Gasteiger partial charge in [-0.3, -0.25) is 0 Å². The minimum Gasteiger partial charge on any atom is -0.483 e. The molecule has 0 spiro atoms. The second-order valence-electron chi connectivity index (χ2n) is 4.09. The van der Waals surface area contributed by atoms with E-state index in [2.05, 4.69) is 10.2 Å². The van der Waals surface area contributed by atoms with Crippen LogP contribution >= 0.6 is 11.6 Å². The molecule has 2 aromatic rings. The Kier molecular flexibility index (Phi) is 4.39. The van der Waals surface area contributed by atoms with Crippen LogP contribution in [0.5, 0.6) is 5.75 Å². The fourth-order valence-corrected chi connectivity index (χ4v) is 1.79. The van der Waals surface area contributed by atoms with Crippen molar-refractivity contribution in [1.82, 2.24) is 10.2 Å². The lowest BCUT2D eigenvalue weighted by atomic mass is 10.1. The number of hydrogen-bond acceptors (Lipinski definition) is 5. The maximum atomic E-state index is 9.68. The van der Waals surface area contributed by atoms with Gasteiger partial charge in [-0.15, -0.1) is 10.2 Å². The van der Waals surface area contributed by atoms with Gasteiger partial charge in [0.1, 0.15) is 5.75 Å². The first-order valence-corrected chi connectivity index (χ1v) is 6.39. The number of rotatable bonds is 5. The third-order valence-corrected chi connectivity index (χ3v) is 2.82. The Bertz CT molecular complexity index is 555. The summed E-state index contributed by atoms with van der Waals surface area (Å²) >= 11 is 5.89. The van der Waals surface area contributed by atoms with E-state index >= 15 is 0 Å². The first-order valence-electron chi connectivity index (χ1n) is 6.01. The first-order chi connectivity index (χ1) is 9.10. The van der Waals surface area contributed by atoms with Crippen LogP contribution in [0.3, 0.4) is 0 Å². The number of aromatic nitrogens is 2. The van der Waals surface area contributed by atoms with Crippen molar-refractivity contribution in [3.63, 3.8) is 0 Å². The highest BCUT2D eigenvalue weighted by molar-refractivity contribution is 6.30. The van der Waals surface area contributed by atoms with Crippen molar-refractivity contribution in [2.45, 2.75) is 33.0 Å². The van der Waals surface area contributed by atoms with Gasteiger partial charge in [-0.05, 0) is 25.1 Å². The number of ether oxygens (including phenoxy) is 1. The molecule has 1 N–H and O–H groups in total. The normalized spacial score (nSPS) is 12.4. The molecule has 1 aromatic heterocycles. The second-order valence-corrected chi connectivity index (χ2v) is 4.53. The van der Waals surface area contributed by atoms with E-state index < -0.39 is 6.10 Å². The fourth-order valence-electron chi connectivity index (χ4n) is 1.61. The molecule has 0 saturated heterocycles. The van der Waals surface area contributed by atoms with E-state index in [4.69, 9.17) is 20.8 Å². The molecule has 0 bridgehead atoms. The Labute approximate surface area is 116 Å². The second kappa shape index (κ2) is 6.04. The first kappa shape index (κ1) is 13.8. The molecule has 0 aliphatic heterocycles. The highest BCUT2D eigenvalue weighted by Crippen LogP contribution is 2.28. The highest BCUT2D eigenvalue weighted by atomic mass is 35.5. The standard InChI is InChI=1S/C13H15ClN2O3/c1-3-12-15-16-13(19-12)7-18-11-5-4-9(14)6-10(11)8(2)17/h4-6,8,17H,3,7H2,1-2H3/t8-/m1/s1. The summed E-state index contributed by atoms with van der Waals surface area (Å²) < 4.78 is 10.9. The minimum absolute atomic E-state index is 0.161. The highest BCUT2D eigenvalue weighted by Gasteiger charge is 2.12. The summed E-state index contributed by atoms with van der Waals surface area (Å²) in [6, 6.07) is 5.09. The van der Waals surface area contributed by atoms with Gasteiger partial charge >= 0.3 is 0 Å². The van der Waals surface area contributed by atoms with Crippen molar-refractivity contribution >= 4 is 11.6 Å². The molecular weight excluding hydrogens is 268 g/mol. The van der Waals surface area contributed by atoms with Gasteiger partial charge < -0.3 is 14.3 Å². The van der Waals surface area contributed by atoms with Crippen molar-refractivity contribution in [3.05, 3.63) is 40.6 Å². The van der Waals surface area contributed by atoms with E-state index in [0.29, 0.717) is 34.5 Å². The van der Waals surface area contributed by atoms with Crippen LogP contribution < -0.4 is 4.74 Å². The van der Waals surface area contributed by atoms with E-state index in [-0.39, 0.29) is 6.61 Å². The molecule has 2 rings (SSSR count). The van der Waals surface area contributed by atoms with Crippen LogP contribution in [0.2, 0.25) is 5.02 Å². The maximum absolute atomic E-state index is 9.68. The largest absolute Gasteiger partial charge is 0.483 e. The predicted octanol–water partition coefficient (Wildman–Crippen LogP) is 2.92. The van der Waals surface area contributed by atoms with Gasteiger partial charge in [0.05, 0.1) is 6.10 Å². The van der Waals surface area contributed by atoms with Gasteiger partial charge in [0.15, 0.2) is 6.61 Å². The summed E-state index contributed by atoms with van der Waals surface area (Å²) in [6.07, 6.45) is 0.0231. The monoisotopic (exact) mass is 282 g/mol. The van der Waals surface area contributed by atoms with Crippen LogP contribution in [0.1, 0.15) is 37.3 Å². The molecule has 1 heterocycles. The molecule has 6 heteroatoms. The molecule has 19 heavy (non-hydrogen) atoms. The van der Waals surface area contributed by atoms with Crippen LogP contribution in [0.4, 0.5) is 0 Å². The summed E-state index contributed by atoms with van der Waals surface area (Å²) in [5.41, 5.74) is 0.628. The zero-order valence-corrected chi connectivity index (χ0v) is 11.5. The average Bonchev–Trinajstić information content (AvgIpc) is 2.85. The van der Waals surface area contributed by atoms with Gasteiger partial charge in [-0.1, -0.05) is 18.5 Å². The van der Waals surface area contributed by atoms with Crippen molar-refractivity contribution in [2.24, 2.45) is 0 Å². The van der Waals surface area contributed by atoms with Gasteiger partial charge in [-0.25, -0.2) is 0 Å². The molecule has 0 amide bonds. The van der Waals surface area contributed by atoms with Gasteiger partial charge in [-0.2, -0.15) is 0 Å². The quantitative estimate of drug-likeness (QED) is 0.913. The smallest absolute Gasteiger partial charge is 0.253 e. The molecule has 0 aliphatic rings. The molecule has 1 aromatic carbocycles. The Morgan fingerprint density at radius 3 is 2.74 bits per heavy atom. The summed E-state index contributed by atoms with van der Waals surface area (Å²) in [7, 11) is 0. The summed E-state index contributed by atoms with van der Waals surface area (Å²) in [6.45, 7) is 3.75. The lowest BCUT2D eigenvalue weighted by molar-refractivity contribution is 0.187.